The Bertz CT molecular complexity index is 1020. The lowest BCUT2D eigenvalue weighted by Gasteiger charge is -2.17. The van der Waals surface area contributed by atoms with E-state index in [9.17, 15) is 9.59 Å². The molecule has 0 heterocycles. The van der Waals surface area contributed by atoms with Crippen molar-refractivity contribution in [2.75, 3.05) is 23.9 Å². The first kappa shape index (κ1) is 22.1. The van der Waals surface area contributed by atoms with Crippen molar-refractivity contribution >= 4 is 23.2 Å². The van der Waals surface area contributed by atoms with Crippen LogP contribution in [0.4, 0.5) is 11.4 Å². The fourth-order valence-electron chi connectivity index (χ4n) is 3.24. The van der Waals surface area contributed by atoms with Crippen LogP contribution in [0.1, 0.15) is 42.1 Å². The molecule has 0 radical (unpaired) electrons. The molecule has 1 atom stereocenters. The maximum Gasteiger partial charge on any atom is 0.262 e. The van der Waals surface area contributed by atoms with Gasteiger partial charge in [-0.3, -0.25) is 9.59 Å². The third-order valence-corrected chi connectivity index (χ3v) is 5.28. The topological polar surface area (TPSA) is 58.6 Å². The van der Waals surface area contributed by atoms with Crippen molar-refractivity contribution in [3.05, 3.63) is 90.0 Å². The zero-order valence-corrected chi connectivity index (χ0v) is 18.2. The molecule has 5 heteroatoms. The molecule has 2 amide bonds. The number of anilines is 2. The van der Waals surface area contributed by atoms with E-state index in [1.54, 1.807) is 36.2 Å². The van der Waals surface area contributed by atoms with Gasteiger partial charge >= 0.3 is 0 Å². The molecular weight excluding hydrogens is 388 g/mol. The molecule has 1 unspecified atom stereocenters. The molecule has 160 valence electrons. The average Bonchev–Trinajstić information content (AvgIpc) is 2.82. The highest BCUT2D eigenvalue weighted by Gasteiger charge is 2.14. The SMILES string of the molecule is CCC(C)c1ccccc1OCC(=O)Nc1ccc(C(=O)N(C)c2ccccc2)cc1. The standard InChI is InChI=1S/C26H28N2O3/c1-4-19(2)23-12-8-9-13-24(23)31-18-25(29)27-21-16-14-20(15-17-21)26(30)28(3)22-10-6-5-7-11-22/h5-17,19H,4,18H2,1-3H3,(H,27,29). The number of carbonyl (C=O) groups excluding carboxylic acids is 2. The van der Waals surface area contributed by atoms with Crippen LogP contribution in [0, 0.1) is 0 Å². The monoisotopic (exact) mass is 416 g/mol. The first-order valence-electron chi connectivity index (χ1n) is 10.4. The lowest BCUT2D eigenvalue weighted by molar-refractivity contribution is -0.118. The fourth-order valence-corrected chi connectivity index (χ4v) is 3.24. The number of benzene rings is 3. The zero-order valence-electron chi connectivity index (χ0n) is 18.2. The number of hydrogen-bond donors (Lipinski definition) is 1. The van der Waals surface area contributed by atoms with E-state index in [0.717, 1.165) is 23.4 Å². The quantitative estimate of drug-likeness (QED) is 0.528. The van der Waals surface area contributed by atoms with E-state index < -0.39 is 0 Å². The summed E-state index contributed by atoms with van der Waals surface area (Å²) in [4.78, 5) is 26.6. The molecule has 0 spiro atoms. The molecule has 0 aliphatic heterocycles. The fraction of sp³-hybridized carbons (Fsp3) is 0.231. The number of nitrogens with one attached hydrogen (secondary N) is 1. The van der Waals surface area contributed by atoms with Gasteiger partial charge in [0, 0.05) is 24.0 Å². The van der Waals surface area contributed by atoms with Crippen molar-refractivity contribution in [1.29, 1.82) is 0 Å². The maximum atomic E-state index is 12.7. The van der Waals surface area contributed by atoms with Gasteiger partial charge < -0.3 is 15.0 Å². The number of hydrogen-bond acceptors (Lipinski definition) is 3. The minimum atomic E-state index is -0.251. The summed E-state index contributed by atoms with van der Waals surface area (Å²) in [5.74, 6) is 0.726. The van der Waals surface area contributed by atoms with Crippen molar-refractivity contribution in [2.24, 2.45) is 0 Å². The predicted octanol–water partition coefficient (Wildman–Crippen LogP) is 5.49. The van der Waals surface area contributed by atoms with E-state index in [1.807, 2.05) is 54.6 Å². The summed E-state index contributed by atoms with van der Waals surface area (Å²) in [6, 6.07) is 24.1. The Hall–Kier alpha value is -3.60. The molecule has 0 bridgehead atoms. The summed E-state index contributed by atoms with van der Waals surface area (Å²) in [6.07, 6.45) is 0.997. The molecule has 0 saturated heterocycles. The van der Waals surface area contributed by atoms with Gasteiger partial charge in [-0.1, -0.05) is 50.2 Å². The summed E-state index contributed by atoms with van der Waals surface area (Å²) < 4.78 is 5.76. The highest BCUT2D eigenvalue weighted by molar-refractivity contribution is 6.06. The molecule has 31 heavy (non-hydrogen) atoms. The van der Waals surface area contributed by atoms with Gasteiger partial charge in [0.05, 0.1) is 0 Å². The van der Waals surface area contributed by atoms with E-state index in [-0.39, 0.29) is 18.4 Å². The van der Waals surface area contributed by atoms with Gasteiger partial charge in [-0.15, -0.1) is 0 Å². The van der Waals surface area contributed by atoms with Gasteiger partial charge in [-0.2, -0.15) is 0 Å². The van der Waals surface area contributed by atoms with Gasteiger partial charge in [-0.05, 0) is 60.4 Å². The van der Waals surface area contributed by atoms with Crippen LogP contribution in [-0.4, -0.2) is 25.5 Å². The average molecular weight is 417 g/mol. The van der Waals surface area contributed by atoms with E-state index in [0.29, 0.717) is 17.2 Å². The van der Waals surface area contributed by atoms with Crippen LogP contribution in [0.2, 0.25) is 0 Å². The van der Waals surface area contributed by atoms with E-state index >= 15 is 0 Å². The van der Waals surface area contributed by atoms with Gasteiger partial charge in [0.15, 0.2) is 6.61 Å². The van der Waals surface area contributed by atoms with Gasteiger partial charge in [0.1, 0.15) is 5.75 Å². The van der Waals surface area contributed by atoms with Crippen molar-refractivity contribution in [1.82, 2.24) is 0 Å². The molecule has 3 rings (SSSR count). The predicted molar refractivity (Wildman–Crippen MR) is 125 cm³/mol. The number of nitrogens with zero attached hydrogens (tertiary/aromatic N) is 1. The number of rotatable bonds is 8. The maximum absolute atomic E-state index is 12.7. The van der Waals surface area contributed by atoms with Crippen LogP contribution in [0.3, 0.4) is 0 Å². The summed E-state index contributed by atoms with van der Waals surface area (Å²) in [7, 11) is 1.74. The Morgan fingerprint density at radius 1 is 0.935 bits per heavy atom. The summed E-state index contributed by atoms with van der Waals surface area (Å²) >= 11 is 0. The molecule has 0 aromatic heterocycles. The second kappa shape index (κ2) is 10.4. The highest BCUT2D eigenvalue weighted by Crippen LogP contribution is 2.28. The second-order valence-corrected chi connectivity index (χ2v) is 7.46. The van der Waals surface area contributed by atoms with E-state index in [1.165, 1.54) is 0 Å². The number of para-hydroxylation sites is 2. The zero-order chi connectivity index (χ0) is 22.2. The molecule has 0 aliphatic carbocycles. The van der Waals surface area contributed by atoms with Crippen LogP contribution in [0.5, 0.6) is 5.75 Å². The van der Waals surface area contributed by atoms with Crippen LogP contribution >= 0.6 is 0 Å². The molecule has 0 saturated carbocycles. The summed E-state index contributed by atoms with van der Waals surface area (Å²) in [5.41, 5.74) is 3.08. The largest absolute Gasteiger partial charge is 0.483 e. The smallest absolute Gasteiger partial charge is 0.262 e. The van der Waals surface area contributed by atoms with Crippen molar-refractivity contribution in [3.8, 4) is 5.75 Å². The first-order valence-corrected chi connectivity index (χ1v) is 10.4. The number of carbonyl (C=O) groups is 2. The van der Waals surface area contributed by atoms with Crippen molar-refractivity contribution in [2.45, 2.75) is 26.2 Å². The Kier molecular flexibility index (Phi) is 7.44. The third-order valence-electron chi connectivity index (χ3n) is 5.28. The Morgan fingerprint density at radius 2 is 1.58 bits per heavy atom. The second-order valence-electron chi connectivity index (χ2n) is 7.46. The van der Waals surface area contributed by atoms with E-state index in [2.05, 4.69) is 19.2 Å². The van der Waals surface area contributed by atoms with E-state index in [4.69, 9.17) is 4.74 Å². The molecule has 0 fully saturated rings. The molecule has 0 aliphatic rings. The minimum absolute atomic E-state index is 0.0785. The Morgan fingerprint density at radius 3 is 2.26 bits per heavy atom. The van der Waals surface area contributed by atoms with Crippen LogP contribution in [0.25, 0.3) is 0 Å². The molecule has 3 aromatic carbocycles. The minimum Gasteiger partial charge on any atom is -0.483 e. The third kappa shape index (κ3) is 5.72. The lowest BCUT2D eigenvalue weighted by atomic mass is 9.98. The van der Waals surface area contributed by atoms with Crippen LogP contribution in [-0.2, 0) is 4.79 Å². The molecule has 1 N–H and O–H groups in total. The Balaban J connectivity index is 1.58. The normalized spacial score (nSPS) is 11.5. The van der Waals surface area contributed by atoms with Gasteiger partial charge in [0.2, 0.25) is 0 Å². The number of ether oxygens (including phenoxy) is 1. The summed E-state index contributed by atoms with van der Waals surface area (Å²) in [5, 5.41) is 2.81. The van der Waals surface area contributed by atoms with Crippen LogP contribution in [0.15, 0.2) is 78.9 Å². The van der Waals surface area contributed by atoms with Gasteiger partial charge in [0.25, 0.3) is 11.8 Å². The van der Waals surface area contributed by atoms with Crippen molar-refractivity contribution in [3.63, 3.8) is 0 Å². The summed E-state index contributed by atoms with van der Waals surface area (Å²) in [6.45, 7) is 4.19. The first-order chi connectivity index (χ1) is 15.0. The lowest BCUT2D eigenvalue weighted by Crippen LogP contribution is -2.26. The van der Waals surface area contributed by atoms with Gasteiger partial charge in [-0.25, -0.2) is 0 Å². The van der Waals surface area contributed by atoms with Crippen LogP contribution < -0.4 is 15.0 Å². The number of amides is 2. The Labute approximate surface area is 183 Å². The molecule has 3 aromatic rings. The highest BCUT2D eigenvalue weighted by atomic mass is 16.5. The molecule has 5 nitrogen and oxygen atoms in total. The molecular formula is C26H28N2O3. The van der Waals surface area contributed by atoms with Crippen molar-refractivity contribution < 1.29 is 14.3 Å².